The molecule has 0 saturated heterocycles. The third-order valence-corrected chi connectivity index (χ3v) is 4.70. The molecule has 0 aromatic carbocycles. The zero-order valence-corrected chi connectivity index (χ0v) is 8.26. The van der Waals surface area contributed by atoms with Gasteiger partial charge < -0.3 is 28.7 Å². The van der Waals surface area contributed by atoms with E-state index < -0.39 is 20.1 Å². The van der Waals surface area contributed by atoms with E-state index in [1.54, 1.807) is 0 Å². The quantitative estimate of drug-likeness (QED) is 0.273. The van der Waals surface area contributed by atoms with Crippen LogP contribution in [0.2, 0.25) is 0 Å². The number of hydrogen-bond acceptors (Lipinski definition) is 6. The topological polar surface area (TPSA) is 126 Å². The second-order valence-electron chi connectivity index (χ2n) is 1.39. The van der Waals surface area contributed by atoms with Crippen molar-refractivity contribution in [2.24, 2.45) is 0 Å². The number of hydrogen-bond donors (Lipinski definition) is 0. The van der Waals surface area contributed by atoms with Gasteiger partial charge >= 0.3 is 20.2 Å². The number of rotatable bonds is 2. The Labute approximate surface area is 81.1 Å². The molecule has 0 unspecified atom stereocenters. The molecule has 0 saturated carbocycles. The SMILES string of the molecule is O=P([O-])([O-])C(Cl)P(=O)([O-])[O-].[Be+2].[Be+2]. The Morgan fingerprint density at radius 2 is 1.08 bits per heavy atom. The Bertz CT molecular complexity index is 186. The molecule has 0 spiro atoms. The first-order valence-corrected chi connectivity index (χ1v) is 5.49. The average Bonchev–Trinajstić information content (AvgIpc) is 1.59. The van der Waals surface area contributed by atoms with E-state index >= 15 is 0 Å². The van der Waals surface area contributed by atoms with Gasteiger partial charge in [0.15, 0.2) is 0 Å². The van der Waals surface area contributed by atoms with Crippen LogP contribution in [0.15, 0.2) is 0 Å². The standard InChI is InChI=1S/CH5ClO6P2.2Be/c2-1(9(3,4)5)10(6,7)8;;/h1H,(H2,3,4,5)(H2,6,7,8);;/q;2*+2/p-4. The molecule has 0 N–H and O–H groups in total. The van der Waals surface area contributed by atoms with Gasteiger partial charge in [-0.15, -0.1) is 11.6 Å². The smallest absolute Gasteiger partial charge is 0.809 e. The van der Waals surface area contributed by atoms with Crippen LogP contribution in [0.4, 0.5) is 0 Å². The maximum atomic E-state index is 9.75. The largest absolute Gasteiger partial charge is 2.00 e. The minimum Gasteiger partial charge on any atom is -0.809 e. The van der Waals surface area contributed by atoms with Gasteiger partial charge in [-0.2, -0.15) is 0 Å². The van der Waals surface area contributed by atoms with Gasteiger partial charge in [0, 0.05) is 0 Å². The summed E-state index contributed by atoms with van der Waals surface area (Å²) in [5, 5.41) is 0. The van der Waals surface area contributed by atoms with Gasteiger partial charge in [-0.1, -0.05) is 0 Å². The van der Waals surface area contributed by atoms with E-state index in [-0.39, 0.29) is 20.2 Å². The predicted octanol–water partition coefficient (Wildman–Crippen LogP) is -3.43. The Morgan fingerprint density at radius 1 is 0.917 bits per heavy atom. The molecule has 0 amide bonds. The summed E-state index contributed by atoms with van der Waals surface area (Å²) in [6, 6.07) is 0. The van der Waals surface area contributed by atoms with Gasteiger partial charge in [0.2, 0.25) is 0 Å². The third kappa shape index (κ3) is 6.44. The minimum absolute atomic E-state index is 0. The van der Waals surface area contributed by atoms with Crippen molar-refractivity contribution >= 4 is 47.0 Å². The van der Waals surface area contributed by atoms with Crippen molar-refractivity contribution in [2.45, 2.75) is 4.86 Å². The van der Waals surface area contributed by atoms with Crippen LogP contribution < -0.4 is 19.6 Å². The Morgan fingerprint density at radius 3 is 1.08 bits per heavy atom. The van der Waals surface area contributed by atoms with Gasteiger partial charge in [0.1, 0.15) is 0 Å². The molecule has 0 fully saturated rings. The first-order valence-electron chi connectivity index (χ1n) is 1.83. The van der Waals surface area contributed by atoms with E-state index in [9.17, 15) is 28.7 Å². The summed E-state index contributed by atoms with van der Waals surface area (Å²) in [7, 11) is -11.0. The number of alkyl halides is 1. The van der Waals surface area contributed by atoms with Crippen LogP contribution in [0.1, 0.15) is 0 Å². The van der Waals surface area contributed by atoms with Crippen LogP contribution >= 0.6 is 26.8 Å². The molecule has 6 nitrogen and oxygen atoms in total. The maximum Gasteiger partial charge on any atom is 2.00 e. The summed E-state index contributed by atoms with van der Waals surface area (Å²) in [5.74, 6) is 0. The molecule has 0 aliphatic rings. The summed E-state index contributed by atoms with van der Waals surface area (Å²) in [4.78, 5) is 36.1. The molecule has 0 radical (unpaired) electrons. The fraction of sp³-hybridized carbons (Fsp3) is 1.00. The molecule has 11 heteroatoms. The molecule has 0 aromatic rings. The van der Waals surface area contributed by atoms with Crippen molar-refractivity contribution in [2.75, 3.05) is 0 Å². The number of halogens is 1. The van der Waals surface area contributed by atoms with E-state index in [1.807, 2.05) is 0 Å². The van der Waals surface area contributed by atoms with Crippen LogP contribution in [-0.4, -0.2) is 25.1 Å². The van der Waals surface area contributed by atoms with E-state index in [0.29, 0.717) is 0 Å². The molecular weight excluding hydrogens is 223 g/mol. The zero-order valence-electron chi connectivity index (χ0n) is 5.71. The monoisotopic (exact) mass is 224 g/mol. The molecule has 0 rings (SSSR count). The minimum atomic E-state index is -5.50. The maximum absolute atomic E-state index is 9.75. The first kappa shape index (κ1) is 18.7. The Hall–Kier alpha value is 0.928. The van der Waals surface area contributed by atoms with E-state index in [2.05, 4.69) is 11.6 Å². The third-order valence-electron chi connectivity index (χ3n) is 0.522. The van der Waals surface area contributed by atoms with Gasteiger partial charge in [-0.05, 0) is 15.2 Å². The second kappa shape index (κ2) is 5.61. The molecule has 0 atom stereocenters. The van der Waals surface area contributed by atoms with Gasteiger partial charge in [-0.25, -0.2) is 0 Å². The summed E-state index contributed by atoms with van der Waals surface area (Å²) in [6.07, 6.45) is 0. The van der Waals surface area contributed by atoms with E-state index in [0.717, 1.165) is 0 Å². The zero-order chi connectivity index (χ0) is 8.58. The van der Waals surface area contributed by atoms with Crippen molar-refractivity contribution in [3.8, 4) is 0 Å². The molecular formula is CHBe2ClO6P2. The Kier molecular flexibility index (Phi) is 8.73. The van der Waals surface area contributed by atoms with Crippen molar-refractivity contribution < 1.29 is 28.7 Å². The molecule has 0 heterocycles. The summed E-state index contributed by atoms with van der Waals surface area (Å²) >= 11 is 4.46. The van der Waals surface area contributed by atoms with Crippen molar-refractivity contribution in [1.82, 2.24) is 0 Å². The first-order chi connectivity index (χ1) is 4.15. The summed E-state index contributed by atoms with van der Waals surface area (Å²) in [5.41, 5.74) is 0. The normalized spacial score (nSPS) is 11.8. The van der Waals surface area contributed by atoms with Crippen LogP contribution in [0.25, 0.3) is 0 Å². The molecule has 0 aliphatic carbocycles. The van der Waals surface area contributed by atoms with Crippen molar-refractivity contribution in [1.29, 1.82) is 0 Å². The molecule has 0 aromatic heterocycles. The van der Waals surface area contributed by atoms with Crippen molar-refractivity contribution in [3.63, 3.8) is 0 Å². The van der Waals surface area contributed by atoms with Crippen LogP contribution in [0, 0.1) is 0 Å². The summed E-state index contributed by atoms with van der Waals surface area (Å²) < 4.78 is 19.5. The average molecular weight is 224 g/mol. The molecule has 0 bridgehead atoms. The fourth-order valence-electron chi connectivity index (χ4n) is 0.173. The van der Waals surface area contributed by atoms with Crippen LogP contribution in [0.5, 0.6) is 0 Å². The van der Waals surface area contributed by atoms with Gasteiger partial charge in [-0.3, -0.25) is 0 Å². The molecule has 62 valence electrons. The second-order valence-corrected chi connectivity index (χ2v) is 6.03. The van der Waals surface area contributed by atoms with E-state index in [4.69, 9.17) is 0 Å². The molecule has 0 aliphatic heterocycles. The van der Waals surface area contributed by atoms with Gasteiger partial charge in [0.05, 0.1) is 4.86 Å². The fourth-order valence-corrected chi connectivity index (χ4v) is 1.56. The van der Waals surface area contributed by atoms with Gasteiger partial charge in [0.25, 0.3) is 0 Å². The van der Waals surface area contributed by atoms with E-state index in [1.165, 1.54) is 0 Å². The predicted molar refractivity (Wildman–Crippen MR) is 36.4 cm³/mol. The van der Waals surface area contributed by atoms with Crippen LogP contribution in [0.3, 0.4) is 0 Å². The molecule has 12 heavy (non-hydrogen) atoms. The Balaban J connectivity index is -0.000000405. The van der Waals surface area contributed by atoms with Crippen molar-refractivity contribution in [3.05, 3.63) is 0 Å². The van der Waals surface area contributed by atoms with Crippen LogP contribution in [-0.2, 0) is 9.13 Å². The summed E-state index contributed by atoms with van der Waals surface area (Å²) in [6.45, 7) is 0.